The molecule has 1 aliphatic heterocycles. The zero-order valence-corrected chi connectivity index (χ0v) is 12.2. The minimum Gasteiger partial charge on any atom is -0.383 e. The van der Waals surface area contributed by atoms with E-state index in [0.29, 0.717) is 5.82 Å². The van der Waals surface area contributed by atoms with Gasteiger partial charge in [-0.3, -0.25) is 0 Å². The van der Waals surface area contributed by atoms with Crippen molar-refractivity contribution in [3.05, 3.63) is 47.5 Å². The molecular formula is C15H11N3S2. The van der Waals surface area contributed by atoms with Gasteiger partial charge in [-0.15, -0.1) is 23.1 Å². The van der Waals surface area contributed by atoms with Gasteiger partial charge in [0, 0.05) is 27.3 Å². The molecule has 0 fully saturated rings. The van der Waals surface area contributed by atoms with E-state index in [2.05, 4.69) is 29.2 Å². The molecule has 5 heteroatoms. The molecule has 0 saturated heterocycles. The van der Waals surface area contributed by atoms with Crippen molar-refractivity contribution in [3.63, 3.8) is 0 Å². The van der Waals surface area contributed by atoms with Crippen LogP contribution in [-0.2, 0) is 5.75 Å². The lowest BCUT2D eigenvalue weighted by atomic mass is 10.1. The Morgan fingerprint density at radius 3 is 2.80 bits per heavy atom. The molecule has 3 heterocycles. The number of aromatic nitrogens is 2. The van der Waals surface area contributed by atoms with E-state index in [1.54, 1.807) is 17.5 Å². The van der Waals surface area contributed by atoms with Crippen LogP contribution in [0.15, 0.2) is 47.5 Å². The monoisotopic (exact) mass is 297 g/mol. The summed E-state index contributed by atoms with van der Waals surface area (Å²) in [6, 6.07) is 12.3. The van der Waals surface area contributed by atoms with Crippen LogP contribution in [0, 0.1) is 0 Å². The van der Waals surface area contributed by atoms with E-state index in [1.165, 1.54) is 15.3 Å². The molecule has 0 unspecified atom stereocenters. The number of hydrogen-bond donors (Lipinski definition) is 1. The van der Waals surface area contributed by atoms with Crippen molar-refractivity contribution in [2.75, 3.05) is 5.73 Å². The lowest BCUT2D eigenvalue weighted by molar-refractivity contribution is 1.28. The molecule has 3 nitrogen and oxygen atoms in total. The van der Waals surface area contributed by atoms with E-state index >= 15 is 0 Å². The molecule has 0 saturated carbocycles. The highest BCUT2D eigenvalue weighted by Gasteiger charge is 2.22. The summed E-state index contributed by atoms with van der Waals surface area (Å²) in [5, 5.41) is 0.956. The fraction of sp³-hybridized carbons (Fsp3) is 0.0667. The fourth-order valence-electron chi connectivity index (χ4n) is 2.31. The van der Waals surface area contributed by atoms with Crippen LogP contribution in [0.2, 0.25) is 0 Å². The van der Waals surface area contributed by atoms with Crippen LogP contribution >= 0.6 is 23.1 Å². The number of nitrogens with two attached hydrogens (primary N) is 1. The molecule has 98 valence electrons. The first-order valence-electron chi connectivity index (χ1n) is 6.25. The van der Waals surface area contributed by atoms with Crippen molar-refractivity contribution in [1.82, 2.24) is 9.97 Å². The standard InChI is InChI=1S/C15H11N3S2/c16-14-10(5-3-7-17-14)15-18-13-9-4-1-2-6-11(9)19-8-12(13)20-15/h1-7H,8H2,(H2,16,17). The highest BCUT2D eigenvalue weighted by Crippen LogP contribution is 2.45. The van der Waals surface area contributed by atoms with E-state index in [0.717, 1.165) is 22.0 Å². The van der Waals surface area contributed by atoms with Crippen molar-refractivity contribution in [1.29, 1.82) is 0 Å². The lowest BCUT2D eigenvalue weighted by Crippen LogP contribution is -1.93. The van der Waals surface area contributed by atoms with Crippen LogP contribution in [-0.4, -0.2) is 9.97 Å². The summed E-state index contributed by atoms with van der Waals surface area (Å²) in [7, 11) is 0. The molecule has 0 atom stereocenters. The molecule has 0 radical (unpaired) electrons. The third-order valence-electron chi connectivity index (χ3n) is 3.27. The maximum Gasteiger partial charge on any atom is 0.133 e. The average Bonchev–Trinajstić information content (AvgIpc) is 2.92. The Labute approximate surface area is 124 Å². The highest BCUT2D eigenvalue weighted by molar-refractivity contribution is 7.98. The second-order valence-electron chi connectivity index (χ2n) is 4.51. The van der Waals surface area contributed by atoms with Crippen LogP contribution in [0.3, 0.4) is 0 Å². The van der Waals surface area contributed by atoms with Crippen LogP contribution in [0.1, 0.15) is 4.88 Å². The molecule has 0 spiro atoms. The summed E-state index contributed by atoms with van der Waals surface area (Å²) in [5.41, 5.74) is 9.21. The number of benzene rings is 1. The summed E-state index contributed by atoms with van der Waals surface area (Å²) >= 11 is 3.58. The molecule has 0 bridgehead atoms. The number of nitrogens with zero attached hydrogens (tertiary/aromatic N) is 2. The lowest BCUT2D eigenvalue weighted by Gasteiger charge is -2.13. The molecule has 0 aliphatic carbocycles. The van der Waals surface area contributed by atoms with Gasteiger partial charge in [-0.2, -0.15) is 0 Å². The van der Waals surface area contributed by atoms with E-state index in [9.17, 15) is 0 Å². The Hall–Kier alpha value is -1.85. The number of anilines is 1. The largest absolute Gasteiger partial charge is 0.383 e. The minimum atomic E-state index is 0.541. The summed E-state index contributed by atoms with van der Waals surface area (Å²) in [4.78, 5) is 11.6. The van der Waals surface area contributed by atoms with Crippen molar-refractivity contribution in [3.8, 4) is 21.8 Å². The maximum absolute atomic E-state index is 5.96. The SMILES string of the molecule is Nc1ncccc1-c1nc2c(s1)CSc1ccccc1-2. The van der Waals surface area contributed by atoms with Crippen molar-refractivity contribution < 1.29 is 0 Å². The highest BCUT2D eigenvalue weighted by atomic mass is 32.2. The molecule has 1 aromatic carbocycles. The van der Waals surface area contributed by atoms with Gasteiger partial charge >= 0.3 is 0 Å². The van der Waals surface area contributed by atoms with Gasteiger partial charge in [0.15, 0.2) is 0 Å². The molecule has 3 aromatic rings. The predicted molar refractivity (Wildman–Crippen MR) is 84.8 cm³/mol. The van der Waals surface area contributed by atoms with Crippen LogP contribution in [0.25, 0.3) is 21.8 Å². The fourth-order valence-corrected chi connectivity index (χ4v) is 4.54. The smallest absolute Gasteiger partial charge is 0.133 e. The zero-order valence-electron chi connectivity index (χ0n) is 10.5. The Kier molecular flexibility index (Phi) is 2.75. The van der Waals surface area contributed by atoms with E-state index in [-0.39, 0.29) is 0 Å². The molecule has 20 heavy (non-hydrogen) atoms. The predicted octanol–water partition coefficient (Wildman–Crippen LogP) is 4.06. The van der Waals surface area contributed by atoms with Gasteiger partial charge in [0.25, 0.3) is 0 Å². The first kappa shape index (κ1) is 11.9. The summed E-state index contributed by atoms with van der Waals surface area (Å²) in [5.74, 6) is 1.52. The zero-order chi connectivity index (χ0) is 13.5. The maximum atomic E-state index is 5.96. The summed E-state index contributed by atoms with van der Waals surface area (Å²) < 4.78 is 0. The Balaban J connectivity index is 1.89. The number of thioether (sulfide) groups is 1. The van der Waals surface area contributed by atoms with Gasteiger partial charge in [-0.1, -0.05) is 18.2 Å². The summed E-state index contributed by atoms with van der Waals surface area (Å²) in [6.07, 6.45) is 1.71. The normalized spacial score (nSPS) is 12.8. The number of hydrogen-bond acceptors (Lipinski definition) is 5. The number of nitrogen functional groups attached to an aromatic ring is 1. The van der Waals surface area contributed by atoms with Gasteiger partial charge in [-0.05, 0) is 18.2 Å². The molecule has 1 aliphatic rings. The van der Waals surface area contributed by atoms with Crippen molar-refractivity contribution >= 4 is 28.9 Å². The molecule has 0 amide bonds. The van der Waals surface area contributed by atoms with Crippen molar-refractivity contribution in [2.24, 2.45) is 0 Å². The third kappa shape index (κ3) is 1.82. The van der Waals surface area contributed by atoms with E-state index in [1.807, 2.05) is 23.9 Å². The second-order valence-corrected chi connectivity index (χ2v) is 6.61. The molecule has 2 N–H and O–H groups in total. The van der Waals surface area contributed by atoms with Crippen LogP contribution in [0.4, 0.5) is 5.82 Å². The molecule has 4 rings (SSSR count). The van der Waals surface area contributed by atoms with Crippen LogP contribution in [0.5, 0.6) is 0 Å². The van der Waals surface area contributed by atoms with E-state index < -0.39 is 0 Å². The quantitative estimate of drug-likeness (QED) is 0.736. The Bertz CT molecular complexity index is 795. The first-order chi connectivity index (χ1) is 9.83. The number of thiazole rings is 1. The third-order valence-corrected chi connectivity index (χ3v) is 5.64. The van der Waals surface area contributed by atoms with Gasteiger partial charge in [0.2, 0.25) is 0 Å². The number of fused-ring (bicyclic) bond motifs is 3. The Morgan fingerprint density at radius 2 is 1.90 bits per heavy atom. The first-order valence-corrected chi connectivity index (χ1v) is 8.06. The van der Waals surface area contributed by atoms with Gasteiger partial charge < -0.3 is 5.73 Å². The Morgan fingerprint density at radius 1 is 1.05 bits per heavy atom. The molecular weight excluding hydrogens is 286 g/mol. The number of pyridine rings is 1. The molecule has 2 aromatic heterocycles. The second kappa shape index (κ2) is 4.61. The number of rotatable bonds is 1. The average molecular weight is 297 g/mol. The minimum absolute atomic E-state index is 0.541. The van der Waals surface area contributed by atoms with Gasteiger partial charge in [-0.25, -0.2) is 9.97 Å². The van der Waals surface area contributed by atoms with Crippen LogP contribution < -0.4 is 5.73 Å². The van der Waals surface area contributed by atoms with Crippen molar-refractivity contribution in [2.45, 2.75) is 10.6 Å². The van der Waals surface area contributed by atoms with E-state index in [4.69, 9.17) is 10.7 Å². The topological polar surface area (TPSA) is 51.8 Å². The van der Waals surface area contributed by atoms with Gasteiger partial charge in [0.1, 0.15) is 10.8 Å². The van der Waals surface area contributed by atoms with Gasteiger partial charge in [0.05, 0.1) is 11.3 Å². The summed E-state index contributed by atoms with van der Waals surface area (Å²) in [6.45, 7) is 0.